The van der Waals surface area contributed by atoms with Gasteiger partial charge in [-0.2, -0.15) is 4.68 Å². The van der Waals surface area contributed by atoms with Gasteiger partial charge in [0.2, 0.25) is 6.33 Å². The summed E-state index contributed by atoms with van der Waals surface area (Å²) in [5.74, 6) is -0.329. The molecule has 1 aromatic rings. The van der Waals surface area contributed by atoms with E-state index in [4.69, 9.17) is 5.73 Å². The number of hydrogen-bond donors (Lipinski definition) is 1. The van der Waals surface area contributed by atoms with E-state index in [1.807, 2.05) is 0 Å². The average molecular weight is 211 g/mol. The molecule has 82 valence electrons. The van der Waals surface area contributed by atoms with Crippen LogP contribution in [0, 0.1) is 10.1 Å². The second-order valence-corrected chi connectivity index (χ2v) is 3.85. The number of nitro groups is 1. The molecule has 7 heteroatoms. The SMILES string of the molecule is NC1CCC(n2cnc([N+](=O)[O-])n2)CC1. The van der Waals surface area contributed by atoms with Gasteiger partial charge in [0, 0.05) is 11.1 Å². The maximum Gasteiger partial charge on any atom is 0.490 e. The predicted molar refractivity (Wildman–Crippen MR) is 52.2 cm³/mol. The van der Waals surface area contributed by atoms with Gasteiger partial charge in [0.25, 0.3) is 0 Å². The van der Waals surface area contributed by atoms with E-state index in [1.165, 1.54) is 6.33 Å². The summed E-state index contributed by atoms with van der Waals surface area (Å²) in [4.78, 5) is 13.4. The van der Waals surface area contributed by atoms with Gasteiger partial charge in [-0.3, -0.25) is 0 Å². The van der Waals surface area contributed by atoms with Crippen LogP contribution in [-0.2, 0) is 0 Å². The standard InChI is InChI=1S/C8H13N5O2/c9-6-1-3-7(4-2-6)12-5-10-8(11-12)13(14)15/h5-7H,1-4,9H2. The third-order valence-electron chi connectivity index (χ3n) is 2.78. The molecule has 15 heavy (non-hydrogen) atoms. The fourth-order valence-electron chi connectivity index (χ4n) is 1.89. The second kappa shape index (κ2) is 3.93. The number of nitrogens with two attached hydrogens (primary N) is 1. The molecule has 0 unspecified atom stereocenters. The van der Waals surface area contributed by atoms with Gasteiger partial charge < -0.3 is 15.8 Å². The topological polar surface area (TPSA) is 99.9 Å². The molecule has 1 aliphatic carbocycles. The first-order chi connectivity index (χ1) is 7.16. The largest absolute Gasteiger partial charge is 0.490 e. The molecular formula is C8H13N5O2. The van der Waals surface area contributed by atoms with E-state index in [1.54, 1.807) is 4.68 Å². The zero-order chi connectivity index (χ0) is 10.8. The van der Waals surface area contributed by atoms with Crippen LogP contribution in [0.2, 0.25) is 0 Å². The molecule has 0 atom stereocenters. The average Bonchev–Trinajstić information content (AvgIpc) is 2.68. The van der Waals surface area contributed by atoms with Crippen molar-refractivity contribution in [3.8, 4) is 0 Å². The first kappa shape index (κ1) is 10.0. The lowest BCUT2D eigenvalue weighted by Crippen LogP contribution is -2.28. The molecule has 1 saturated carbocycles. The van der Waals surface area contributed by atoms with Crippen LogP contribution in [0.1, 0.15) is 31.7 Å². The minimum absolute atomic E-state index is 0.214. The van der Waals surface area contributed by atoms with Crippen LogP contribution in [0.3, 0.4) is 0 Å². The van der Waals surface area contributed by atoms with Crippen LogP contribution in [0.5, 0.6) is 0 Å². The van der Waals surface area contributed by atoms with E-state index in [-0.39, 0.29) is 18.0 Å². The van der Waals surface area contributed by atoms with Crippen LogP contribution in [0.4, 0.5) is 5.95 Å². The number of nitrogens with zero attached hydrogens (tertiary/aromatic N) is 4. The maximum atomic E-state index is 10.4. The minimum Gasteiger partial charge on any atom is -0.390 e. The van der Waals surface area contributed by atoms with Crippen molar-refractivity contribution in [3.05, 3.63) is 16.4 Å². The highest BCUT2D eigenvalue weighted by atomic mass is 16.6. The molecule has 0 aromatic carbocycles. The molecule has 2 rings (SSSR count). The van der Waals surface area contributed by atoms with Crippen molar-refractivity contribution < 1.29 is 4.92 Å². The second-order valence-electron chi connectivity index (χ2n) is 3.85. The van der Waals surface area contributed by atoms with Gasteiger partial charge in [-0.15, -0.1) is 0 Å². The Morgan fingerprint density at radius 1 is 1.47 bits per heavy atom. The van der Waals surface area contributed by atoms with Gasteiger partial charge >= 0.3 is 5.95 Å². The Hall–Kier alpha value is -1.50. The van der Waals surface area contributed by atoms with Crippen molar-refractivity contribution in [1.82, 2.24) is 14.8 Å². The van der Waals surface area contributed by atoms with Crippen molar-refractivity contribution in [1.29, 1.82) is 0 Å². The van der Waals surface area contributed by atoms with Crippen LogP contribution in [0.15, 0.2) is 6.33 Å². The van der Waals surface area contributed by atoms with Crippen molar-refractivity contribution in [2.24, 2.45) is 5.73 Å². The smallest absolute Gasteiger partial charge is 0.390 e. The van der Waals surface area contributed by atoms with Crippen LogP contribution >= 0.6 is 0 Å². The third-order valence-corrected chi connectivity index (χ3v) is 2.78. The van der Waals surface area contributed by atoms with E-state index in [0.717, 1.165) is 25.7 Å². The third kappa shape index (κ3) is 2.12. The molecule has 1 fully saturated rings. The highest BCUT2D eigenvalue weighted by Gasteiger charge is 2.24. The van der Waals surface area contributed by atoms with E-state index < -0.39 is 4.92 Å². The zero-order valence-corrected chi connectivity index (χ0v) is 8.24. The van der Waals surface area contributed by atoms with E-state index in [2.05, 4.69) is 10.1 Å². The molecular weight excluding hydrogens is 198 g/mol. The molecule has 0 aliphatic heterocycles. The minimum atomic E-state index is -0.578. The Morgan fingerprint density at radius 2 is 2.13 bits per heavy atom. The summed E-state index contributed by atoms with van der Waals surface area (Å²) in [6.07, 6.45) is 5.15. The molecule has 1 aromatic heterocycles. The maximum absolute atomic E-state index is 10.4. The summed E-state index contributed by atoms with van der Waals surface area (Å²) in [5, 5.41) is 14.2. The summed E-state index contributed by atoms with van der Waals surface area (Å²) < 4.78 is 1.59. The van der Waals surface area contributed by atoms with Crippen molar-refractivity contribution >= 4 is 5.95 Å². The van der Waals surface area contributed by atoms with Crippen molar-refractivity contribution in [2.45, 2.75) is 37.8 Å². The van der Waals surface area contributed by atoms with E-state index in [9.17, 15) is 10.1 Å². The molecule has 0 bridgehead atoms. The quantitative estimate of drug-likeness (QED) is 0.571. The number of rotatable bonds is 2. The highest BCUT2D eigenvalue weighted by molar-refractivity contribution is 4.98. The first-order valence-corrected chi connectivity index (χ1v) is 4.98. The van der Waals surface area contributed by atoms with Gasteiger partial charge in [-0.1, -0.05) is 4.98 Å². The number of aromatic nitrogens is 3. The van der Waals surface area contributed by atoms with Crippen LogP contribution < -0.4 is 5.73 Å². The summed E-state index contributed by atoms with van der Waals surface area (Å²) >= 11 is 0. The van der Waals surface area contributed by atoms with Gasteiger partial charge in [0.1, 0.15) is 0 Å². The van der Waals surface area contributed by atoms with Gasteiger partial charge in [-0.05, 0) is 30.6 Å². The lowest BCUT2D eigenvalue weighted by atomic mass is 9.92. The lowest BCUT2D eigenvalue weighted by molar-refractivity contribution is -0.394. The fraction of sp³-hybridized carbons (Fsp3) is 0.750. The van der Waals surface area contributed by atoms with Crippen molar-refractivity contribution in [2.75, 3.05) is 0 Å². The number of hydrogen-bond acceptors (Lipinski definition) is 5. The summed E-state index contributed by atoms with van der Waals surface area (Å²) in [5.41, 5.74) is 5.77. The summed E-state index contributed by atoms with van der Waals surface area (Å²) in [7, 11) is 0. The summed E-state index contributed by atoms with van der Waals surface area (Å²) in [6.45, 7) is 0. The predicted octanol–water partition coefficient (Wildman–Crippen LogP) is 0.629. The monoisotopic (exact) mass is 211 g/mol. The Morgan fingerprint density at radius 3 is 2.67 bits per heavy atom. The zero-order valence-electron chi connectivity index (χ0n) is 8.24. The van der Waals surface area contributed by atoms with Crippen LogP contribution in [-0.4, -0.2) is 25.7 Å². The molecule has 0 saturated heterocycles. The molecule has 1 aliphatic rings. The fourth-order valence-corrected chi connectivity index (χ4v) is 1.89. The molecule has 2 N–H and O–H groups in total. The first-order valence-electron chi connectivity index (χ1n) is 4.98. The summed E-state index contributed by atoms with van der Waals surface area (Å²) in [6, 6.07) is 0.478. The Kier molecular flexibility index (Phi) is 2.63. The van der Waals surface area contributed by atoms with Crippen molar-refractivity contribution in [3.63, 3.8) is 0 Å². The normalized spacial score (nSPS) is 26.5. The van der Waals surface area contributed by atoms with Crippen LogP contribution in [0.25, 0.3) is 0 Å². The van der Waals surface area contributed by atoms with Gasteiger partial charge in [-0.25, -0.2) is 0 Å². The molecule has 0 spiro atoms. The Balaban J connectivity index is 2.06. The molecule has 7 nitrogen and oxygen atoms in total. The van der Waals surface area contributed by atoms with E-state index >= 15 is 0 Å². The molecule has 1 heterocycles. The lowest BCUT2D eigenvalue weighted by Gasteiger charge is -2.23. The highest BCUT2D eigenvalue weighted by Crippen LogP contribution is 2.27. The molecule has 0 radical (unpaired) electrons. The van der Waals surface area contributed by atoms with Gasteiger partial charge in [0.05, 0.1) is 6.04 Å². The Labute approximate surface area is 86.4 Å². The molecule has 0 amide bonds. The van der Waals surface area contributed by atoms with E-state index in [0.29, 0.717) is 0 Å². The van der Waals surface area contributed by atoms with Gasteiger partial charge in [0.15, 0.2) is 0 Å². The Bertz CT molecular complexity index is 356.